The highest BCUT2D eigenvalue weighted by atomic mass is 16.5. The number of benzene rings is 1. The standard InChI is InChI=1S/C16H27NO2/c1-13-7-8-15(11-14(13)2)19-10-6-9-17(5)12-16(3,4)18/h7-8,11,18H,6,9-10,12H2,1-5H3. The summed E-state index contributed by atoms with van der Waals surface area (Å²) in [5, 5.41) is 9.71. The molecule has 0 saturated heterocycles. The number of likely N-dealkylation sites (N-methyl/N-ethyl adjacent to an activating group) is 1. The molecule has 0 aliphatic heterocycles. The number of hydrogen-bond acceptors (Lipinski definition) is 3. The molecule has 0 unspecified atom stereocenters. The zero-order valence-corrected chi connectivity index (χ0v) is 12.9. The number of hydrogen-bond donors (Lipinski definition) is 1. The number of nitrogens with zero attached hydrogens (tertiary/aromatic N) is 1. The lowest BCUT2D eigenvalue weighted by atomic mass is 10.1. The van der Waals surface area contributed by atoms with E-state index in [9.17, 15) is 5.11 Å². The fraction of sp³-hybridized carbons (Fsp3) is 0.625. The third-order valence-electron chi connectivity index (χ3n) is 3.09. The van der Waals surface area contributed by atoms with E-state index in [1.807, 2.05) is 27.0 Å². The maximum atomic E-state index is 9.71. The van der Waals surface area contributed by atoms with Crippen LogP contribution in [0.25, 0.3) is 0 Å². The fourth-order valence-corrected chi connectivity index (χ4v) is 2.07. The molecule has 0 saturated carbocycles. The summed E-state index contributed by atoms with van der Waals surface area (Å²) in [6.45, 7) is 10.2. The first-order chi connectivity index (χ1) is 8.78. The van der Waals surface area contributed by atoms with Gasteiger partial charge in [0, 0.05) is 13.1 Å². The van der Waals surface area contributed by atoms with Gasteiger partial charge in [-0.1, -0.05) is 6.07 Å². The van der Waals surface area contributed by atoms with E-state index in [1.54, 1.807) is 0 Å². The Bertz CT molecular complexity index is 396. The predicted molar refractivity (Wildman–Crippen MR) is 79.8 cm³/mol. The Labute approximate surface area is 117 Å². The van der Waals surface area contributed by atoms with Crippen molar-refractivity contribution in [3.8, 4) is 5.75 Å². The molecule has 1 rings (SSSR count). The Kier molecular flexibility index (Phi) is 5.83. The SMILES string of the molecule is Cc1ccc(OCCCN(C)CC(C)(C)O)cc1C. The third-order valence-corrected chi connectivity index (χ3v) is 3.09. The lowest BCUT2D eigenvalue weighted by molar-refractivity contribution is 0.0433. The van der Waals surface area contributed by atoms with Crippen molar-refractivity contribution in [1.82, 2.24) is 4.90 Å². The minimum Gasteiger partial charge on any atom is -0.494 e. The molecule has 0 fully saturated rings. The number of ether oxygens (including phenoxy) is 1. The number of aliphatic hydroxyl groups is 1. The van der Waals surface area contributed by atoms with Gasteiger partial charge in [-0.05, 0) is 64.4 Å². The lowest BCUT2D eigenvalue weighted by Crippen LogP contribution is -2.37. The molecular formula is C16H27NO2. The Morgan fingerprint density at radius 2 is 1.89 bits per heavy atom. The smallest absolute Gasteiger partial charge is 0.119 e. The van der Waals surface area contributed by atoms with Gasteiger partial charge in [-0.15, -0.1) is 0 Å². The molecule has 1 N–H and O–H groups in total. The highest BCUT2D eigenvalue weighted by molar-refractivity contribution is 5.33. The van der Waals surface area contributed by atoms with Crippen molar-refractivity contribution in [3.63, 3.8) is 0 Å². The third kappa shape index (κ3) is 6.60. The summed E-state index contributed by atoms with van der Waals surface area (Å²) in [4.78, 5) is 2.13. The van der Waals surface area contributed by atoms with Gasteiger partial charge in [0.1, 0.15) is 5.75 Å². The monoisotopic (exact) mass is 265 g/mol. The van der Waals surface area contributed by atoms with Gasteiger partial charge in [-0.25, -0.2) is 0 Å². The Morgan fingerprint density at radius 1 is 1.21 bits per heavy atom. The Hall–Kier alpha value is -1.06. The summed E-state index contributed by atoms with van der Waals surface area (Å²) >= 11 is 0. The van der Waals surface area contributed by atoms with Gasteiger partial charge >= 0.3 is 0 Å². The predicted octanol–water partition coefficient (Wildman–Crippen LogP) is 2.78. The minimum absolute atomic E-state index is 0.635. The molecule has 19 heavy (non-hydrogen) atoms. The molecule has 0 heterocycles. The Balaban J connectivity index is 2.25. The molecular weight excluding hydrogens is 238 g/mol. The van der Waals surface area contributed by atoms with Gasteiger partial charge in [0.25, 0.3) is 0 Å². The molecule has 108 valence electrons. The van der Waals surface area contributed by atoms with E-state index in [4.69, 9.17) is 4.74 Å². The summed E-state index contributed by atoms with van der Waals surface area (Å²) in [5.41, 5.74) is 1.91. The molecule has 0 aliphatic carbocycles. The van der Waals surface area contributed by atoms with Crippen LogP contribution in [-0.2, 0) is 0 Å². The van der Waals surface area contributed by atoms with Crippen molar-refractivity contribution in [1.29, 1.82) is 0 Å². The topological polar surface area (TPSA) is 32.7 Å². The van der Waals surface area contributed by atoms with Gasteiger partial charge < -0.3 is 14.7 Å². The van der Waals surface area contributed by atoms with E-state index in [0.717, 1.165) is 18.7 Å². The van der Waals surface area contributed by atoms with Crippen LogP contribution in [0.15, 0.2) is 18.2 Å². The van der Waals surface area contributed by atoms with Crippen molar-refractivity contribution in [2.45, 2.75) is 39.7 Å². The molecule has 0 atom stereocenters. The normalized spacial score (nSPS) is 11.9. The second-order valence-corrected chi connectivity index (χ2v) is 6.00. The van der Waals surface area contributed by atoms with Crippen LogP contribution in [0.2, 0.25) is 0 Å². The van der Waals surface area contributed by atoms with Gasteiger partial charge in [0.15, 0.2) is 0 Å². The second kappa shape index (κ2) is 6.92. The van der Waals surface area contributed by atoms with Crippen molar-refractivity contribution >= 4 is 0 Å². The van der Waals surface area contributed by atoms with Crippen LogP contribution in [0.4, 0.5) is 0 Å². The van der Waals surface area contributed by atoms with Crippen molar-refractivity contribution in [2.75, 3.05) is 26.7 Å². The van der Waals surface area contributed by atoms with Gasteiger partial charge in [0.05, 0.1) is 12.2 Å². The maximum Gasteiger partial charge on any atom is 0.119 e. The maximum absolute atomic E-state index is 9.71. The quantitative estimate of drug-likeness (QED) is 0.770. The molecule has 0 aliphatic rings. The molecule has 0 bridgehead atoms. The summed E-state index contributed by atoms with van der Waals surface area (Å²) in [7, 11) is 2.02. The van der Waals surface area contributed by atoms with Crippen molar-refractivity contribution in [3.05, 3.63) is 29.3 Å². The lowest BCUT2D eigenvalue weighted by Gasteiger charge is -2.25. The van der Waals surface area contributed by atoms with E-state index in [2.05, 4.69) is 30.9 Å². The molecule has 1 aromatic carbocycles. The molecule has 1 aromatic rings. The van der Waals surface area contributed by atoms with E-state index >= 15 is 0 Å². The van der Waals surface area contributed by atoms with E-state index < -0.39 is 5.60 Å². The Morgan fingerprint density at radius 3 is 2.47 bits per heavy atom. The van der Waals surface area contributed by atoms with Crippen LogP contribution in [0, 0.1) is 13.8 Å². The highest BCUT2D eigenvalue weighted by Crippen LogP contribution is 2.16. The van der Waals surface area contributed by atoms with Gasteiger partial charge in [-0.2, -0.15) is 0 Å². The second-order valence-electron chi connectivity index (χ2n) is 6.00. The van der Waals surface area contributed by atoms with Gasteiger partial charge in [0.2, 0.25) is 0 Å². The fourth-order valence-electron chi connectivity index (χ4n) is 2.07. The molecule has 0 amide bonds. The van der Waals surface area contributed by atoms with Crippen molar-refractivity contribution < 1.29 is 9.84 Å². The molecule has 3 heteroatoms. The molecule has 0 radical (unpaired) electrons. The van der Waals surface area contributed by atoms with Gasteiger partial charge in [-0.3, -0.25) is 0 Å². The first-order valence-electron chi connectivity index (χ1n) is 6.89. The zero-order chi connectivity index (χ0) is 14.5. The highest BCUT2D eigenvalue weighted by Gasteiger charge is 2.14. The van der Waals surface area contributed by atoms with Crippen LogP contribution in [0.1, 0.15) is 31.4 Å². The average molecular weight is 265 g/mol. The van der Waals surface area contributed by atoms with Crippen molar-refractivity contribution in [2.24, 2.45) is 0 Å². The van der Waals surface area contributed by atoms with Crippen LogP contribution in [0.3, 0.4) is 0 Å². The first kappa shape index (κ1) is 16.0. The summed E-state index contributed by atoms with van der Waals surface area (Å²) < 4.78 is 5.73. The van der Waals surface area contributed by atoms with E-state index in [1.165, 1.54) is 11.1 Å². The number of rotatable bonds is 7. The summed E-state index contributed by atoms with van der Waals surface area (Å²) in [6.07, 6.45) is 0.958. The largest absolute Gasteiger partial charge is 0.494 e. The molecule has 0 spiro atoms. The molecule has 0 aromatic heterocycles. The first-order valence-corrected chi connectivity index (χ1v) is 6.89. The van der Waals surface area contributed by atoms with Crippen LogP contribution < -0.4 is 4.74 Å². The minimum atomic E-state index is -0.635. The van der Waals surface area contributed by atoms with Crippen LogP contribution >= 0.6 is 0 Å². The summed E-state index contributed by atoms with van der Waals surface area (Å²) in [6, 6.07) is 6.18. The van der Waals surface area contributed by atoms with E-state index in [0.29, 0.717) is 13.2 Å². The van der Waals surface area contributed by atoms with Crippen LogP contribution in [-0.4, -0.2) is 42.4 Å². The summed E-state index contributed by atoms with van der Waals surface area (Å²) in [5.74, 6) is 0.938. The zero-order valence-electron chi connectivity index (χ0n) is 12.9. The number of aryl methyl sites for hydroxylation is 2. The average Bonchev–Trinajstić information content (AvgIpc) is 2.27. The van der Waals surface area contributed by atoms with Crippen LogP contribution in [0.5, 0.6) is 5.75 Å². The molecule has 3 nitrogen and oxygen atoms in total. The van der Waals surface area contributed by atoms with E-state index in [-0.39, 0.29) is 0 Å².